The van der Waals surface area contributed by atoms with E-state index in [0.717, 1.165) is 107 Å². The first kappa shape index (κ1) is 49.0. The molecular formula is C49H63ClF3N7OS3. The number of thioether (sulfide) groups is 2. The van der Waals surface area contributed by atoms with Gasteiger partial charge in [-0.05, 0) is 166 Å². The molecule has 8 rings (SSSR count). The number of nitrogens with zero attached hydrogens (tertiary/aromatic N) is 5. The number of hydrogen-bond donors (Lipinski definition) is 2. The number of rotatable bonds is 15. The minimum Gasteiger partial charge on any atom is -0.398 e. The number of morpholine rings is 1. The molecule has 2 fully saturated rings. The third-order valence-electron chi connectivity index (χ3n) is 12.8. The maximum Gasteiger partial charge on any atom is 0.446 e. The first-order valence-electron chi connectivity index (χ1n) is 22.8. The third kappa shape index (κ3) is 14.8. The summed E-state index contributed by atoms with van der Waals surface area (Å²) < 4.78 is 47.5. The summed E-state index contributed by atoms with van der Waals surface area (Å²) in [5, 5.41) is 0.783. The number of unbranched alkanes of at least 4 members (excludes halogenated alkanes) is 1. The zero-order valence-electron chi connectivity index (χ0n) is 37.1. The van der Waals surface area contributed by atoms with Crippen LogP contribution in [0.4, 0.5) is 24.7 Å². The molecule has 346 valence electrons. The molecular weight excluding hydrogens is 891 g/mol. The highest BCUT2D eigenvalue weighted by molar-refractivity contribution is 8.01. The Hall–Kier alpha value is -2.95. The zero-order valence-corrected chi connectivity index (χ0v) is 40.3. The lowest BCUT2D eigenvalue weighted by Crippen LogP contribution is -2.47. The molecule has 0 bridgehead atoms. The number of aromatic nitrogens is 2. The van der Waals surface area contributed by atoms with E-state index < -0.39 is 5.51 Å². The number of fused-ring (bicyclic) bond motifs is 1. The van der Waals surface area contributed by atoms with E-state index in [0.29, 0.717) is 22.7 Å². The number of halogens is 4. The summed E-state index contributed by atoms with van der Waals surface area (Å²) in [5.41, 5.74) is 8.03. The van der Waals surface area contributed by atoms with E-state index in [1.807, 2.05) is 23.9 Å². The summed E-state index contributed by atoms with van der Waals surface area (Å²) in [6.07, 6.45) is 10.8. The van der Waals surface area contributed by atoms with Crippen molar-refractivity contribution in [1.82, 2.24) is 24.7 Å². The fourth-order valence-corrected chi connectivity index (χ4v) is 11.6. The van der Waals surface area contributed by atoms with Crippen molar-refractivity contribution in [2.24, 2.45) is 11.8 Å². The Kier molecular flexibility index (Phi) is 18.5. The highest BCUT2D eigenvalue weighted by Gasteiger charge is 2.32. The van der Waals surface area contributed by atoms with Gasteiger partial charge in [0, 0.05) is 69.7 Å². The predicted molar refractivity (Wildman–Crippen MR) is 262 cm³/mol. The van der Waals surface area contributed by atoms with Crippen LogP contribution in [0.2, 0.25) is 5.02 Å². The number of benzene rings is 3. The van der Waals surface area contributed by atoms with Crippen molar-refractivity contribution in [2.75, 3.05) is 75.2 Å². The van der Waals surface area contributed by atoms with Crippen molar-refractivity contribution in [3.05, 3.63) is 107 Å². The quantitative estimate of drug-likeness (QED) is 0.0517. The molecule has 8 nitrogen and oxygen atoms in total. The van der Waals surface area contributed by atoms with Gasteiger partial charge in [0.2, 0.25) is 0 Å². The van der Waals surface area contributed by atoms with Crippen LogP contribution >= 0.6 is 47.1 Å². The van der Waals surface area contributed by atoms with E-state index in [1.165, 1.54) is 78.1 Å². The smallest absolute Gasteiger partial charge is 0.398 e. The number of nitrogens with two attached hydrogens (primary N) is 1. The minimum absolute atomic E-state index is 0.00655. The van der Waals surface area contributed by atoms with Crippen LogP contribution in [0.3, 0.4) is 0 Å². The molecule has 2 saturated heterocycles. The normalized spacial score (nSPS) is 19.3. The highest BCUT2D eigenvalue weighted by atomic mass is 35.5. The van der Waals surface area contributed by atoms with E-state index in [2.05, 4.69) is 85.7 Å². The molecule has 1 aromatic heterocycles. The van der Waals surface area contributed by atoms with Gasteiger partial charge >= 0.3 is 5.51 Å². The lowest BCUT2D eigenvalue weighted by Gasteiger charge is -2.41. The molecule has 0 amide bonds. The Morgan fingerprint density at radius 1 is 0.875 bits per heavy atom. The van der Waals surface area contributed by atoms with Crippen LogP contribution in [-0.4, -0.2) is 101 Å². The second-order valence-corrected chi connectivity index (χ2v) is 21.1. The van der Waals surface area contributed by atoms with E-state index in [9.17, 15) is 13.2 Å². The Balaban J connectivity index is 0.000000301. The number of piperidine rings is 1. The second kappa shape index (κ2) is 24.2. The predicted octanol–water partition coefficient (Wildman–Crippen LogP) is 12.1. The standard InChI is InChI=1S/C35H42ClF3N6S2.C14H21NOS/c1-22(2)24-5-9-29(23-3-6-26(36)7-4-23)25(17-24)19-44-14-11-27(12-15-44)45-16-13-30-32(20-45)41-21-42-34(30)43-47-28-8-10-31(40)33(18-28)46-35(37,38)39;1-2-6-14(7-3-1)17-13-5-4-8-15-9-11-16-12-10-15/h3-4,6-8,10,18,21-22,24,27H,5,9,11-17,19-20,40H2,1-2H3,(H,41,42,43);1-3,6-7H,4-5,8-13H2. The number of nitrogen functional groups attached to an aromatic ring is 1. The van der Waals surface area contributed by atoms with Gasteiger partial charge in [-0.1, -0.05) is 61.4 Å². The van der Waals surface area contributed by atoms with Gasteiger partial charge in [-0.2, -0.15) is 13.2 Å². The van der Waals surface area contributed by atoms with Crippen molar-refractivity contribution in [3.8, 4) is 0 Å². The largest absolute Gasteiger partial charge is 0.446 e. The van der Waals surface area contributed by atoms with Crippen LogP contribution in [-0.2, 0) is 17.7 Å². The van der Waals surface area contributed by atoms with Crippen molar-refractivity contribution < 1.29 is 17.9 Å². The molecule has 0 radical (unpaired) electrons. The van der Waals surface area contributed by atoms with Crippen LogP contribution in [0.25, 0.3) is 5.57 Å². The van der Waals surface area contributed by atoms with Crippen LogP contribution in [0.15, 0.2) is 99.4 Å². The lowest BCUT2D eigenvalue weighted by atomic mass is 9.76. The number of alkyl halides is 3. The summed E-state index contributed by atoms with van der Waals surface area (Å²) in [6.45, 7) is 14.9. The monoisotopic (exact) mass is 953 g/mol. The zero-order chi connectivity index (χ0) is 44.9. The molecule has 1 atom stereocenters. The van der Waals surface area contributed by atoms with Gasteiger partial charge in [0.05, 0.1) is 18.9 Å². The van der Waals surface area contributed by atoms with Crippen LogP contribution in [0.1, 0.15) is 75.6 Å². The molecule has 64 heavy (non-hydrogen) atoms. The average molecular weight is 955 g/mol. The van der Waals surface area contributed by atoms with Crippen LogP contribution < -0.4 is 10.5 Å². The summed E-state index contributed by atoms with van der Waals surface area (Å²) in [4.78, 5) is 18.8. The van der Waals surface area contributed by atoms with Crippen molar-refractivity contribution in [3.63, 3.8) is 0 Å². The molecule has 4 aromatic rings. The number of hydrogen-bond acceptors (Lipinski definition) is 11. The molecule has 0 saturated carbocycles. The van der Waals surface area contributed by atoms with E-state index in [1.54, 1.807) is 18.0 Å². The maximum absolute atomic E-state index is 12.9. The Morgan fingerprint density at radius 3 is 2.38 bits per heavy atom. The summed E-state index contributed by atoms with van der Waals surface area (Å²) in [6, 6.07) is 24.2. The molecule has 0 spiro atoms. The van der Waals surface area contributed by atoms with Gasteiger partial charge in [-0.3, -0.25) is 14.7 Å². The number of allylic oxidation sites excluding steroid dienone is 1. The minimum atomic E-state index is -4.40. The van der Waals surface area contributed by atoms with Gasteiger partial charge in [-0.15, -0.1) is 11.8 Å². The molecule has 4 aliphatic rings. The topological polar surface area (TPSA) is 82.8 Å². The first-order chi connectivity index (χ1) is 31.0. The molecule has 1 aliphatic carbocycles. The van der Waals surface area contributed by atoms with Crippen molar-refractivity contribution >= 4 is 64.2 Å². The summed E-state index contributed by atoms with van der Waals surface area (Å²) in [5.74, 6) is 3.38. The van der Waals surface area contributed by atoms with E-state index in [4.69, 9.17) is 22.1 Å². The molecule has 3 aromatic carbocycles. The molecule has 3 aliphatic heterocycles. The van der Waals surface area contributed by atoms with Crippen LogP contribution in [0.5, 0.6) is 0 Å². The molecule has 3 N–H and O–H groups in total. The Labute approximate surface area is 396 Å². The van der Waals surface area contributed by atoms with Crippen molar-refractivity contribution in [1.29, 1.82) is 0 Å². The van der Waals surface area contributed by atoms with Gasteiger partial charge in [0.15, 0.2) is 0 Å². The van der Waals surface area contributed by atoms with Crippen LogP contribution in [0, 0.1) is 11.8 Å². The number of ether oxygens (including phenoxy) is 1. The first-order valence-corrected chi connectivity index (χ1v) is 25.8. The second-order valence-electron chi connectivity index (χ2n) is 17.5. The maximum atomic E-state index is 12.9. The lowest BCUT2D eigenvalue weighted by molar-refractivity contribution is -0.0328. The number of nitrogens with one attached hydrogen (secondary N) is 1. The van der Waals surface area contributed by atoms with Gasteiger partial charge in [0.1, 0.15) is 12.1 Å². The van der Waals surface area contributed by atoms with E-state index in [-0.39, 0.29) is 22.3 Å². The fourth-order valence-electron chi connectivity index (χ4n) is 9.13. The number of anilines is 2. The highest BCUT2D eigenvalue weighted by Crippen LogP contribution is 2.42. The van der Waals surface area contributed by atoms with Gasteiger partial charge < -0.3 is 15.2 Å². The van der Waals surface area contributed by atoms with Gasteiger partial charge in [-0.25, -0.2) is 9.97 Å². The molecule has 15 heteroatoms. The SMILES string of the molecule is CC(C)C1CCC(c2ccc(Cl)cc2)=C(CN2CCC(N3CCc4c(ncnc4NSc4ccc(N)c(SC(F)(F)F)c4)C3)CC2)C1.c1ccc(SCCCCN2CCOCC2)cc1. The average Bonchev–Trinajstić information content (AvgIpc) is 3.30. The molecule has 4 heterocycles. The Morgan fingerprint density at radius 2 is 1.64 bits per heavy atom. The third-order valence-corrected chi connectivity index (χ3v) is 15.8. The van der Waals surface area contributed by atoms with Crippen molar-refractivity contribution in [2.45, 2.75) is 98.0 Å². The van der Waals surface area contributed by atoms with Gasteiger partial charge in [0.25, 0.3) is 0 Å². The Bertz CT molecular complexity index is 2100. The number of likely N-dealkylation sites (tertiary alicyclic amines) is 1. The fraction of sp³-hybridized carbons (Fsp3) is 0.510. The summed E-state index contributed by atoms with van der Waals surface area (Å²) >= 11 is 9.21. The molecule has 1 unspecified atom stereocenters. The summed E-state index contributed by atoms with van der Waals surface area (Å²) in [7, 11) is 0. The van der Waals surface area contributed by atoms with E-state index >= 15 is 0 Å².